The first-order valence-corrected chi connectivity index (χ1v) is 12.9. The minimum Gasteiger partial charge on any atom is -0.445 e. The molecule has 1 unspecified atom stereocenters. The fourth-order valence-electron chi connectivity index (χ4n) is 4.35. The third kappa shape index (κ3) is 4.50. The van der Waals surface area contributed by atoms with Crippen LogP contribution in [-0.2, 0) is 14.8 Å². The molecule has 1 saturated heterocycles. The molecule has 0 bridgehead atoms. The van der Waals surface area contributed by atoms with E-state index >= 15 is 0 Å². The molecule has 5 rings (SSSR count). The normalized spacial score (nSPS) is 15.2. The SMILES string of the molecule is O=C(OC(C(=O)c1c[nH]c2ccccc12)c1ccccc1)c1cccc(S(=O)(=O)N2CCCC2)c1. The minimum atomic E-state index is -3.70. The molecular formula is C27H24N2O5S. The lowest BCUT2D eigenvalue weighted by Crippen LogP contribution is -2.28. The van der Waals surface area contributed by atoms with E-state index in [1.807, 2.05) is 30.3 Å². The van der Waals surface area contributed by atoms with E-state index < -0.39 is 22.1 Å². The summed E-state index contributed by atoms with van der Waals surface area (Å²) in [6.07, 6.45) is 2.05. The zero-order chi connectivity index (χ0) is 24.4. The maximum absolute atomic E-state index is 13.6. The molecule has 35 heavy (non-hydrogen) atoms. The Kier molecular flexibility index (Phi) is 6.23. The van der Waals surface area contributed by atoms with Crippen molar-refractivity contribution in [1.29, 1.82) is 0 Å². The van der Waals surface area contributed by atoms with Crippen LogP contribution in [0.2, 0.25) is 0 Å². The number of Topliss-reactive ketones (excluding diaryl/α,β-unsaturated/α-hetero) is 1. The minimum absolute atomic E-state index is 0.0352. The highest BCUT2D eigenvalue weighted by Crippen LogP contribution is 2.29. The largest absolute Gasteiger partial charge is 0.445 e. The number of fused-ring (bicyclic) bond motifs is 1. The summed E-state index contributed by atoms with van der Waals surface area (Å²) in [4.78, 5) is 29.9. The van der Waals surface area contributed by atoms with Crippen LogP contribution in [0.1, 0.15) is 45.2 Å². The summed E-state index contributed by atoms with van der Waals surface area (Å²) in [6.45, 7) is 0.929. The first-order chi connectivity index (χ1) is 16.9. The van der Waals surface area contributed by atoms with Crippen LogP contribution in [0.15, 0.2) is 90.0 Å². The highest BCUT2D eigenvalue weighted by atomic mass is 32.2. The summed E-state index contributed by atoms with van der Waals surface area (Å²) < 4.78 is 33.1. The molecule has 3 aromatic carbocycles. The van der Waals surface area contributed by atoms with Gasteiger partial charge in [0.05, 0.1) is 10.5 Å². The summed E-state index contributed by atoms with van der Waals surface area (Å²) in [6, 6.07) is 22.0. The molecule has 1 fully saturated rings. The Morgan fingerprint density at radius 2 is 1.60 bits per heavy atom. The molecule has 1 N–H and O–H groups in total. The predicted molar refractivity (Wildman–Crippen MR) is 132 cm³/mol. The van der Waals surface area contributed by atoms with Crippen LogP contribution in [0.4, 0.5) is 0 Å². The number of benzene rings is 3. The summed E-state index contributed by atoms with van der Waals surface area (Å²) >= 11 is 0. The number of nitrogens with one attached hydrogen (secondary N) is 1. The average molecular weight is 489 g/mol. The quantitative estimate of drug-likeness (QED) is 0.300. The summed E-state index contributed by atoms with van der Waals surface area (Å²) in [5, 5.41) is 0.730. The highest BCUT2D eigenvalue weighted by Gasteiger charge is 2.30. The van der Waals surface area contributed by atoms with E-state index in [0.29, 0.717) is 24.2 Å². The standard InChI is InChI=1S/C27H24N2O5S/c30-25(23-18-28-24-14-5-4-13-22(23)24)26(19-9-2-1-3-10-19)34-27(31)20-11-8-12-21(17-20)35(32,33)29-15-6-7-16-29/h1-5,8-14,17-18,26,28H,6-7,15-16H2. The van der Waals surface area contributed by atoms with Crippen LogP contribution < -0.4 is 0 Å². The Morgan fingerprint density at radius 3 is 2.37 bits per heavy atom. The van der Waals surface area contributed by atoms with E-state index in [4.69, 9.17) is 4.74 Å². The molecule has 0 radical (unpaired) electrons. The predicted octanol–water partition coefficient (Wildman–Crippen LogP) is 4.73. The smallest absolute Gasteiger partial charge is 0.339 e. The Hall–Kier alpha value is -3.75. The van der Waals surface area contributed by atoms with Gasteiger partial charge in [-0.2, -0.15) is 4.31 Å². The van der Waals surface area contributed by atoms with Crippen LogP contribution in [0.5, 0.6) is 0 Å². The number of H-pyrrole nitrogens is 1. The first-order valence-electron chi connectivity index (χ1n) is 11.4. The van der Waals surface area contributed by atoms with Gasteiger partial charge in [0.25, 0.3) is 0 Å². The molecule has 1 aromatic heterocycles. The molecule has 0 saturated carbocycles. The Bertz CT molecular complexity index is 1490. The molecule has 0 spiro atoms. The molecule has 0 amide bonds. The number of para-hydroxylation sites is 1. The maximum Gasteiger partial charge on any atom is 0.339 e. The third-order valence-corrected chi connectivity index (χ3v) is 8.09. The lowest BCUT2D eigenvalue weighted by atomic mass is 9.99. The molecule has 1 atom stereocenters. The fourth-order valence-corrected chi connectivity index (χ4v) is 5.92. The molecule has 1 aliphatic rings. The highest BCUT2D eigenvalue weighted by molar-refractivity contribution is 7.89. The van der Waals surface area contributed by atoms with Gasteiger partial charge < -0.3 is 9.72 Å². The van der Waals surface area contributed by atoms with Crippen molar-refractivity contribution in [3.63, 3.8) is 0 Å². The van der Waals surface area contributed by atoms with E-state index in [9.17, 15) is 18.0 Å². The van der Waals surface area contributed by atoms with E-state index in [-0.39, 0.29) is 16.2 Å². The zero-order valence-corrected chi connectivity index (χ0v) is 19.7. The van der Waals surface area contributed by atoms with Crippen molar-refractivity contribution in [2.75, 3.05) is 13.1 Å². The van der Waals surface area contributed by atoms with Gasteiger partial charge in [-0.1, -0.05) is 54.6 Å². The van der Waals surface area contributed by atoms with Gasteiger partial charge in [-0.25, -0.2) is 13.2 Å². The Morgan fingerprint density at radius 1 is 0.886 bits per heavy atom. The Balaban J connectivity index is 1.47. The van der Waals surface area contributed by atoms with Gasteiger partial charge in [-0.05, 0) is 37.1 Å². The van der Waals surface area contributed by atoms with Crippen molar-refractivity contribution in [3.05, 3.63) is 102 Å². The number of ketones is 1. The van der Waals surface area contributed by atoms with Crippen molar-refractivity contribution < 1.29 is 22.7 Å². The topological polar surface area (TPSA) is 96.5 Å². The van der Waals surface area contributed by atoms with Crippen molar-refractivity contribution >= 4 is 32.7 Å². The second kappa shape index (κ2) is 9.48. The lowest BCUT2D eigenvalue weighted by Gasteiger charge is -2.18. The van der Waals surface area contributed by atoms with Gasteiger partial charge >= 0.3 is 5.97 Å². The summed E-state index contributed by atoms with van der Waals surface area (Å²) in [5.74, 6) is -1.15. The van der Waals surface area contributed by atoms with Crippen LogP contribution in [0.3, 0.4) is 0 Å². The summed E-state index contributed by atoms with van der Waals surface area (Å²) in [7, 11) is -3.70. The van der Waals surface area contributed by atoms with Gasteiger partial charge in [0.1, 0.15) is 0 Å². The monoisotopic (exact) mass is 488 g/mol. The molecule has 4 aromatic rings. The lowest BCUT2D eigenvalue weighted by molar-refractivity contribution is 0.0280. The summed E-state index contributed by atoms with van der Waals surface area (Å²) in [5.41, 5.74) is 1.80. The molecule has 8 heteroatoms. The molecule has 2 heterocycles. The zero-order valence-electron chi connectivity index (χ0n) is 18.9. The number of aromatic amines is 1. The van der Waals surface area contributed by atoms with Gasteiger partial charge in [0.15, 0.2) is 6.10 Å². The van der Waals surface area contributed by atoms with Crippen molar-refractivity contribution in [3.8, 4) is 0 Å². The van der Waals surface area contributed by atoms with Gasteiger partial charge in [0, 0.05) is 41.3 Å². The van der Waals surface area contributed by atoms with Gasteiger partial charge in [-0.15, -0.1) is 0 Å². The van der Waals surface area contributed by atoms with Gasteiger partial charge in [-0.3, -0.25) is 4.79 Å². The van der Waals surface area contributed by atoms with Crippen molar-refractivity contribution in [1.82, 2.24) is 9.29 Å². The van der Waals surface area contributed by atoms with Crippen LogP contribution in [-0.4, -0.2) is 42.5 Å². The third-order valence-electron chi connectivity index (χ3n) is 6.19. The number of carbonyl (C=O) groups is 2. The molecule has 0 aliphatic carbocycles. The van der Waals surface area contributed by atoms with Crippen LogP contribution in [0.25, 0.3) is 10.9 Å². The van der Waals surface area contributed by atoms with E-state index in [0.717, 1.165) is 23.7 Å². The van der Waals surface area contributed by atoms with Crippen LogP contribution >= 0.6 is 0 Å². The molecule has 178 valence electrons. The number of sulfonamides is 1. The Labute approximate surface area is 203 Å². The number of rotatable bonds is 7. The number of hydrogen-bond donors (Lipinski definition) is 1. The van der Waals surface area contributed by atoms with E-state index in [1.54, 1.807) is 30.5 Å². The number of nitrogens with zero attached hydrogens (tertiary/aromatic N) is 1. The maximum atomic E-state index is 13.6. The first kappa shape index (κ1) is 23.0. The number of aromatic nitrogens is 1. The van der Waals surface area contributed by atoms with E-state index in [2.05, 4.69) is 4.98 Å². The van der Waals surface area contributed by atoms with Crippen LogP contribution in [0, 0.1) is 0 Å². The second-order valence-electron chi connectivity index (χ2n) is 8.45. The molecular weight excluding hydrogens is 464 g/mol. The second-order valence-corrected chi connectivity index (χ2v) is 10.4. The number of hydrogen-bond acceptors (Lipinski definition) is 5. The number of esters is 1. The van der Waals surface area contributed by atoms with Gasteiger partial charge in [0.2, 0.25) is 15.8 Å². The molecule has 1 aliphatic heterocycles. The number of ether oxygens (including phenoxy) is 1. The molecule has 7 nitrogen and oxygen atoms in total. The fraction of sp³-hybridized carbons (Fsp3) is 0.185. The number of carbonyl (C=O) groups excluding carboxylic acids is 2. The average Bonchev–Trinajstić information content (AvgIpc) is 3.58. The van der Waals surface area contributed by atoms with Crippen molar-refractivity contribution in [2.24, 2.45) is 0 Å². The van der Waals surface area contributed by atoms with Crippen molar-refractivity contribution in [2.45, 2.75) is 23.8 Å². The van der Waals surface area contributed by atoms with E-state index in [1.165, 1.54) is 28.6 Å².